The van der Waals surface area contributed by atoms with Gasteiger partial charge in [0.15, 0.2) is 5.96 Å². The fourth-order valence-electron chi connectivity index (χ4n) is 3.21. The molecule has 1 atom stereocenters. The molecule has 9 heteroatoms. The van der Waals surface area contributed by atoms with Crippen LogP contribution in [0.3, 0.4) is 0 Å². The fraction of sp³-hybridized carbons (Fsp3) is 0.765. The Bertz CT molecular complexity index is 583. The van der Waals surface area contributed by atoms with Gasteiger partial charge in [-0.3, -0.25) is 9.89 Å². The van der Waals surface area contributed by atoms with E-state index in [0.29, 0.717) is 6.54 Å². The number of aryl methyl sites for hydroxylation is 1. The van der Waals surface area contributed by atoms with Crippen LogP contribution in [-0.4, -0.2) is 82.4 Å². The van der Waals surface area contributed by atoms with Crippen LogP contribution in [0.15, 0.2) is 15.6 Å². The van der Waals surface area contributed by atoms with Crippen LogP contribution in [-0.2, 0) is 6.54 Å². The second kappa shape index (κ2) is 10.1. The zero-order chi connectivity index (χ0) is 17.7. The van der Waals surface area contributed by atoms with Crippen molar-refractivity contribution in [2.75, 3.05) is 50.8 Å². The first kappa shape index (κ1) is 21.8. The summed E-state index contributed by atoms with van der Waals surface area (Å²) < 4.78 is 5.15. The normalized spacial score (nSPS) is 24.6. The molecule has 26 heavy (non-hydrogen) atoms. The fourth-order valence-corrected chi connectivity index (χ4v) is 4.49. The number of aromatic nitrogens is 1. The van der Waals surface area contributed by atoms with Gasteiger partial charge in [0, 0.05) is 51.1 Å². The van der Waals surface area contributed by atoms with Gasteiger partial charge in [-0.15, -0.1) is 24.0 Å². The molecular formula is C17H30IN5O2S. The summed E-state index contributed by atoms with van der Waals surface area (Å²) in [6.07, 6.45) is 0.839. The molecule has 2 fully saturated rings. The largest absolute Gasteiger partial charge is 0.387 e. The molecule has 1 aromatic heterocycles. The number of hydrogen-bond acceptors (Lipinski definition) is 6. The average Bonchev–Trinajstić information content (AvgIpc) is 3.21. The highest BCUT2D eigenvalue weighted by molar-refractivity contribution is 14.0. The molecule has 7 nitrogen and oxygen atoms in total. The molecule has 1 unspecified atom stereocenters. The van der Waals surface area contributed by atoms with Crippen molar-refractivity contribution in [3.05, 3.63) is 17.5 Å². The molecule has 0 saturated carbocycles. The molecule has 1 aromatic rings. The molecule has 2 aliphatic heterocycles. The first-order chi connectivity index (χ1) is 12.1. The highest BCUT2D eigenvalue weighted by Crippen LogP contribution is 2.28. The minimum atomic E-state index is -0.627. The van der Waals surface area contributed by atoms with Gasteiger partial charge in [-0.05, 0) is 26.0 Å². The highest BCUT2D eigenvalue weighted by atomic mass is 127. The second-order valence-electron chi connectivity index (χ2n) is 6.89. The van der Waals surface area contributed by atoms with Crippen molar-refractivity contribution in [3.8, 4) is 0 Å². The quantitative estimate of drug-likeness (QED) is 0.365. The molecule has 2 N–H and O–H groups in total. The van der Waals surface area contributed by atoms with E-state index in [1.54, 1.807) is 0 Å². The van der Waals surface area contributed by atoms with E-state index < -0.39 is 5.60 Å². The summed E-state index contributed by atoms with van der Waals surface area (Å²) in [5.74, 6) is 3.60. The van der Waals surface area contributed by atoms with Gasteiger partial charge in [-0.25, -0.2) is 0 Å². The Labute approximate surface area is 177 Å². The topological polar surface area (TPSA) is 77.1 Å². The van der Waals surface area contributed by atoms with Crippen LogP contribution in [0, 0.1) is 6.92 Å². The number of nitrogens with zero attached hydrogens (tertiary/aromatic N) is 4. The van der Waals surface area contributed by atoms with Crippen LogP contribution < -0.4 is 5.32 Å². The summed E-state index contributed by atoms with van der Waals surface area (Å²) >= 11 is 1.81. The van der Waals surface area contributed by atoms with Crippen molar-refractivity contribution in [2.45, 2.75) is 32.4 Å². The number of rotatable bonds is 5. The van der Waals surface area contributed by atoms with E-state index >= 15 is 0 Å². The van der Waals surface area contributed by atoms with Crippen molar-refractivity contribution in [1.29, 1.82) is 0 Å². The minimum Gasteiger partial charge on any atom is -0.387 e. The molecule has 3 rings (SSSR count). The second-order valence-corrected chi connectivity index (χ2v) is 7.99. The van der Waals surface area contributed by atoms with Crippen molar-refractivity contribution in [2.24, 2.45) is 4.99 Å². The molecule has 0 bridgehead atoms. The molecule has 0 radical (unpaired) electrons. The number of halogens is 1. The Balaban J connectivity index is 0.00000243. The number of thioether (sulfide) groups is 1. The maximum absolute atomic E-state index is 10.5. The van der Waals surface area contributed by atoms with Crippen LogP contribution in [0.25, 0.3) is 0 Å². The summed E-state index contributed by atoms with van der Waals surface area (Å²) in [7, 11) is 0. The number of aliphatic hydroxyl groups is 1. The van der Waals surface area contributed by atoms with Crippen LogP contribution in [0.1, 0.15) is 24.8 Å². The van der Waals surface area contributed by atoms with E-state index in [-0.39, 0.29) is 24.0 Å². The lowest BCUT2D eigenvalue weighted by Gasteiger charge is -2.36. The summed E-state index contributed by atoms with van der Waals surface area (Å²) in [4.78, 5) is 9.40. The lowest BCUT2D eigenvalue weighted by molar-refractivity contribution is 0.0773. The van der Waals surface area contributed by atoms with Crippen LogP contribution in [0.5, 0.6) is 0 Å². The Hall–Kier alpha value is -0.520. The summed E-state index contributed by atoms with van der Waals surface area (Å²) in [5.41, 5.74) is 0.366. The Kier molecular flexibility index (Phi) is 8.49. The molecule has 148 valence electrons. The zero-order valence-corrected chi connectivity index (χ0v) is 18.8. The van der Waals surface area contributed by atoms with Crippen molar-refractivity contribution >= 4 is 41.7 Å². The number of aliphatic imine (C=N–C) groups is 1. The van der Waals surface area contributed by atoms with Crippen molar-refractivity contribution < 1.29 is 9.63 Å². The minimum absolute atomic E-state index is 0. The van der Waals surface area contributed by atoms with Gasteiger partial charge in [0.25, 0.3) is 0 Å². The average molecular weight is 495 g/mol. The van der Waals surface area contributed by atoms with Gasteiger partial charge < -0.3 is 19.8 Å². The van der Waals surface area contributed by atoms with E-state index in [9.17, 15) is 5.11 Å². The smallest absolute Gasteiger partial charge is 0.194 e. The molecule has 2 aliphatic rings. The Morgan fingerprint density at radius 1 is 1.42 bits per heavy atom. The molecule has 2 saturated heterocycles. The molecule has 0 amide bonds. The van der Waals surface area contributed by atoms with E-state index in [2.05, 4.69) is 27.2 Å². The third-order valence-electron chi connectivity index (χ3n) is 4.67. The monoisotopic (exact) mass is 495 g/mol. The predicted molar refractivity (Wildman–Crippen MR) is 116 cm³/mol. The molecule has 0 spiro atoms. The van der Waals surface area contributed by atoms with E-state index in [0.717, 1.165) is 74.6 Å². The first-order valence-corrected chi connectivity index (χ1v) is 10.2. The number of nitrogens with one attached hydrogen (secondary N) is 1. The van der Waals surface area contributed by atoms with Crippen molar-refractivity contribution in [1.82, 2.24) is 20.3 Å². The summed E-state index contributed by atoms with van der Waals surface area (Å²) in [6, 6.07) is 2.00. The highest BCUT2D eigenvalue weighted by Gasteiger charge is 2.32. The number of hydrogen-bond donors (Lipinski definition) is 2. The van der Waals surface area contributed by atoms with E-state index in [1.807, 2.05) is 24.8 Å². The Morgan fingerprint density at radius 3 is 2.77 bits per heavy atom. The van der Waals surface area contributed by atoms with Gasteiger partial charge in [-0.1, -0.05) is 5.16 Å². The lowest BCUT2D eigenvalue weighted by Crippen LogP contribution is -2.52. The number of guanidine groups is 1. The third kappa shape index (κ3) is 6.00. The van der Waals surface area contributed by atoms with Crippen LogP contribution in [0.2, 0.25) is 0 Å². The van der Waals surface area contributed by atoms with Crippen molar-refractivity contribution in [3.63, 3.8) is 0 Å². The first-order valence-electron chi connectivity index (χ1n) is 9.06. The van der Waals surface area contributed by atoms with Crippen LogP contribution in [0.4, 0.5) is 0 Å². The predicted octanol–water partition coefficient (Wildman–Crippen LogP) is 1.55. The van der Waals surface area contributed by atoms with Gasteiger partial charge in [0.1, 0.15) is 5.76 Å². The van der Waals surface area contributed by atoms with Gasteiger partial charge in [0.2, 0.25) is 0 Å². The molecule has 0 aromatic carbocycles. The van der Waals surface area contributed by atoms with Crippen LogP contribution >= 0.6 is 35.7 Å². The lowest BCUT2D eigenvalue weighted by atomic mass is 10.0. The molecule has 3 heterocycles. The van der Waals surface area contributed by atoms with Gasteiger partial charge in [-0.2, -0.15) is 11.8 Å². The van der Waals surface area contributed by atoms with E-state index in [1.165, 1.54) is 0 Å². The maximum Gasteiger partial charge on any atom is 0.194 e. The maximum atomic E-state index is 10.5. The number of piperazine rings is 1. The molecule has 0 aliphatic carbocycles. The zero-order valence-electron chi connectivity index (χ0n) is 15.6. The summed E-state index contributed by atoms with van der Waals surface area (Å²) in [5, 5.41) is 18.0. The van der Waals surface area contributed by atoms with Gasteiger partial charge in [0.05, 0.1) is 17.8 Å². The standard InChI is InChI=1S/C17H29N5O2S.HI/c1-3-18-16(19-12-17(23)4-9-25-13-17)22-7-5-21(6-8-22)11-15-10-14(2)24-20-15;/h10,23H,3-9,11-13H2,1-2H3,(H,18,19);1H. The van der Waals surface area contributed by atoms with Gasteiger partial charge >= 0.3 is 0 Å². The Morgan fingerprint density at radius 2 is 2.19 bits per heavy atom. The third-order valence-corrected chi connectivity index (χ3v) is 5.91. The summed E-state index contributed by atoms with van der Waals surface area (Å²) in [6.45, 7) is 9.95. The van der Waals surface area contributed by atoms with E-state index in [4.69, 9.17) is 9.52 Å². The molecular weight excluding hydrogens is 465 g/mol. The SMILES string of the molecule is CCNC(=NCC1(O)CCSC1)N1CCN(Cc2cc(C)on2)CC1.I.